The fourth-order valence-corrected chi connectivity index (χ4v) is 3.11. The Morgan fingerprint density at radius 1 is 0.885 bits per heavy atom. The molecular formula is C21H14BrF2NS. The van der Waals surface area contributed by atoms with Gasteiger partial charge in [-0.3, -0.25) is 0 Å². The average Bonchev–Trinajstić information content (AvgIpc) is 2.65. The molecule has 0 unspecified atom stereocenters. The normalized spacial score (nSPS) is 11.9. The third kappa shape index (κ3) is 5.13. The van der Waals surface area contributed by atoms with Crippen molar-refractivity contribution < 1.29 is 8.78 Å². The molecule has 1 nitrogen and oxygen atoms in total. The molecule has 0 radical (unpaired) electrons. The Balaban J connectivity index is 1.90. The molecule has 3 rings (SSSR count). The highest BCUT2D eigenvalue weighted by Gasteiger charge is 2.07. The van der Waals surface area contributed by atoms with Crippen LogP contribution in [0, 0.1) is 11.6 Å². The van der Waals surface area contributed by atoms with Crippen LogP contribution in [-0.2, 0) is 0 Å². The molecule has 0 fully saturated rings. The number of benzene rings is 3. The van der Waals surface area contributed by atoms with Crippen molar-refractivity contribution in [1.82, 2.24) is 0 Å². The minimum absolute atomic E-state index is 0.276. The van der Waals surface area contributed by atoms with Crippen molar-refractivity contribution in [2.45, 2.75) is 4.90 Å². The third-order valence-corrected chi connectivity index (χ3v) is 4.81. The zero-order chi connectivity index (χ0) is 18.4. The van der Waals surface area contributed by atoms with Crippen LogP contribution < -0.4 is 0 Å². The van der Waals surface area contributed by atoms with E-state index in [1.807, 2.05) is 29.7 Å². The van der Waals surface area contributed by atoms with E-state index in [2.05, 4.69) is 20.9 Å². The van der Waals surface area contributed by atoms with Crippen LogP contribution in [0.4, 0.5) is 14.5 Å². The number of aliphatic imine (C=N–C) groups is 1. The maximum Gasteiger partial charge on any atom is 0.132 e. The fourth-order valence-electron chi connectivity index (χ4n) is 2.20. The summed E-state index contributed by atoms with van der Waals surface area (Å²) in [5.41, 5.74) is 1.66. The van der Waals surface area contributed by atoms with Crippen LogP contribution in [0.1, 0.15) is 5.56 Å². The molecule has 3 aromatic rings. The Kier molecular flexibility index (Phi) is 6.36. The van der Waals surface area contributed by atoms with Crippen LogP contribution in [0.5, 0.6) is 0 Å². The molecule has 0 aliphatic rings. The molecule has 0 aliphatic heterocycles. The van der Waals surface area contributed by atoms with Crippen molar-refractivity contribution in [3.63, 3.8) is 0 Å². The summed E-state index contributed by atoms with van der Waals surface area (Å²) in [4.78, 5) is 5.46. The van der Waals surface area contributed by atoms with Gasteiger partial charge in [0.1, 0.15) is 11.6 Å². The maximum absolute atomic E-state index is 14.2. The highest BCUT2D eigenvalue weighted by atomic mass is 79.9. The van der Waals surface area contributed by atoms with Crippen LogP contribution in [0.2, 0.25) is 0 Å². The summed E-state index contributed by atoms with van der Waals surface area (Å²) in [6, 6.07) is 20.2. The molecule has 0 atom stereocenters. The first-order valence-electron chi connectivity index (χ1n) is 7.80. The van der Waals surface area contributed by atoms with E-state index in [4.69, 9.17) is 0 Å². The van der Waals surface area contributed by atoms with E-state index >= 15 is 0 Å². The Morgan fingerprint density at radius 2 is 1.58 bits per heavy atom. The molecule has 0 N–H and O–H groups in total. The summed E-state index contributed by atoms with van der Waals surface area (Å²) >= 11 is 4.80. The Morgan fingerprint density at radius 3 is 2.27 bits per heavy atom. The van der Waals surface area contributed by atoms with Gasteiger partial charge in [-0.05, 0) is 72.1 Å². The van der Waals surface area contributed by atoms with Gasteiger partial charge in [-0.15, -0.1) is 0 Å². The van der Waals surface area contributed by atoms with E-state index in [1.54, 1.807) is 36.4 Å². The van der Waals surface area contributed by atoms with Gasteiger partial charge >= 0.3 is 0 Å². The molecule has 26 heavy (non-hydrogen) atoms. The maximum atomic E-state index is 14.2. The smallest absolute Gasteiger partial charge is 0.132 e. The van der Waals surface area contributed by atoms with Crippen LogP contribution in [0.15, 0.2) is 98.6 Å². The molecule has 0 heterocycles. The molecule has 0 amide bonds. The van der Waals surface area contributed by atoms with Gasteiger partial charge < -0.3 is 0 Å². The van der Waals surface area contributed by atoms with E-state index in [1.165, 1.54) is 30.0 Å². The molecule has 5 heteroatoms. The second-order valence-electron chi connectivity index (χ2n) is 5.33. The number of nitrogens with zero attached hydrogens (tertiary/aromatic N) is 1. The van der Waals surface area contributed by atoms with E-state index in [-0.39, 0.29) is 11.6 Å². The minimum Gasteiger partial charge on any atom is -0.248 e. The van der Waals surface area contributed by atoms with Gasteiger partial charge in [0.25, 0.3) is 0 Å². The average molecular weight is 430 g/mol. The summed E-state index contributed by atoms with van der Waals surface area (Å²) in [6.07, 6.45) is 1.76. The van der Waals surface area contributed by atoms with Crippen LogP contribution in [0.25, 0.3) is 0 Å². The van der Waals surface area contributed by atoms with Crippen LogP contribution in [-0.4, -0.2) is 5.71 Å². The lowest BCUT2D eigenvalue weighted by Gasteiger charge is -2.04. The summed E-state index contributed by atoms with van der Waals surface area (Å²) in [7, 11) is 0. The number of thioether (sulfide) groups is 1. The first kappa shape index (κ1) is 18.5. The van der Waals surface area contributed by atoms with Crippen LogP contribution >= 0.6 is 27.7 Å². The van der Waals surface area contributed by atoms with E-state index in [0.717, 1.165) is 15.1 Å². The van der Waals surface area contributed by atoms with E-state index in [9.17, 15) is 8.78 Å². The van der Waals surface area contributed by atoms with Crippen molar-refractivity contribution in [2.24, 2.45) is 4.99 Å². The molecule has 0 aliphatic carbocycles. The topological polar surface area (TPSA) is 12.4 Å². The second kappa shape index (κ2) is 8.92. The van der Waals surface area contributed by atoms with Gasteiger partial charge in [0.15, 0.2) is 0 Å². The molecule has 0 saturated carbocycles. The Bertz CT molecular complexity index is 935. The van der Waals surface area contributed by atoms with Gasteiger partial charge in [-0.25, -0.2) is 13.8 Å². The Hall–Kier alpha value is -2.24. The number of hydrogen-bond donors (Lipinski definition) is 0. The molecule has 0 aromatic heterocycles. The number of allylic oxidation sites excluding steroid dienone is 1. The van der Waals surface area contributed by atoms with Crippen LogP contribution in [0.3, 0.4) is 0 Å². The summed E-state index contributed by atoms with van der Waals surface area (Å²) < 4.78 is 28.2. The monoisotopic (exact) mass is 429 g/mol. The molecular weight excluding hydrogens is 416 g/mol. The SMILES string of the molecule is Fc1ccc(S/C=C/C(=Nc2ccc(Br)cc2)c2ccccc2F)cc1. The van der Waals surface area contributed by atoms with E-state index in [0.29, 0.717) is 11.3 Å². The van der Waals surface area contributed by atoms with Crippen molar-refractivity contribution in [2.75, 3.05) is 0 Å². The molecule has 3 aromatic carbocycles. The number of rotatable bonds is 5. The molecule has 0 saturated heterocycles. The first-order chi connectivity index (χ1) is 12.6. The van der Waals surface area contributed by atoms with Gasteiger partial charge in [-0.1, -0.05) is 39.8 Å². The van der Waals surface area contributed by atoms with Crippen molar-refractivity contribution in [1.29, 1.82) is 0 Å². The lowest BCUT2D eigenvalue weighted by atomic mass is 10.1. The molecule has 130 valence electrons. The van der Waals surface area contributed by atoms with Crippen molar-refractivity contribution in [3.05, 3.63) is 106 Å². The highest BCUT2D eigenvalue weighted by molar-refractivity contribution is 9.10. The lowest BCUT2D eigenvalue weighted by molar-refractivity contribution is 0.625. The van der Waals surface area contributed by atoms with Gasteiger partial charge in [0, 0.05) is 14.9 Å². The lowest BCUT2D eigenvalue weighted by Crippen LogP contribution is -1.99. The van der Waals surface area contributed by atoms with Crippen molar-refractivity contribution in [3.8, 4) is 0 Å². The predicted octanol–water partition coefficient (Wildman–Crippen LogP) is 7.15. The Labute approximate surface area is 163 Å². The molecule has 0 bridgehead atoms. The summed E-state index contributed by atoms with van der Waals surface area (Å²) in [5.74, 6) is -0.609. The molecule has 0 spiro atoms. The summed E-state index contributed by atoms with van der Waals surface area (Å²) in [6.45, 7) is 0. The second-order valence-corrected chi connectivity index (χ2v) is 7.22. The van der Waals surface area contributed by atoms with Crippen molar-refractivity contribution >= 4 is 39.1 Å². The van der Waals surface area contributed by atoms with E-state index < -0.39 is 0 Å². The predicted molar refractivity (Wildman–Crippen MR) is 108 cm³/mol. The zero-order valence-electron chi connectivity index (χ0n) is 13.6. The number of halogens is 3. The fraction of sp³-hybridized carbons (Fsp3) is 0. The van der Waals surface area contributed by atoms with Gasteiger partial charge in [0.2, 0.25) is 0 Å². The standard InChI is InChI=1S/C21H14BrF2NS/c22-15-5-9-17(10-6-15)25-21(19-3-1-2-4-20(19)24)13-14-26-18-11-7-16(23)8-12-18/h1-14H/b14-13+,25-21?. The summed E-state index contributed by atoms with van der Waals surface area (Å²) in [5, 5.41) is 1.82. The third-order valence-electron chi connectivity index (χ3n) is 3.47. The quantitative estimate of drug-likeness (QED) is 0.309. The minimum atomic E-state index is -0.334. The van der Waals surface area contributed by atoms with Gasteiger partial charge in [0.05, 0.1) is 11.4 Å². The zero-order valence-corrected chi connectivity index (χ0v) is 16.0. The number of hydrogen-bond acceptors (Lipinski definition) is 2. The highest BCUT2D eigenvalue weighted by Crippen LogP contribution is 2.22. The van der Waals surface area contributed by atoms with Gasteiger partial charge in [-0.2, -0.15) is 0 Å². The largest absolute Gasteiger partial charge is 0.248 e. The first-order valence-corrected chi connectivity index (χ1v) is 9.47.